The standard InChI is InChI=1S/C21H19ClF3N3O2.C7H14N2O/c1-29-18-6-3-11(7-19(18)30-2)15-9-17(21(24)25)28-20(26-15)10-16(27-28)13-5-4-12(22)8-14(13)23;1-6-4-9(5-10)7(2)3-8-6/h3-8,10,15,17,21,26H,9H2,1-2H3;5-8H,3-4H2,1-2H3/t;6-,7+/m.0/s1. The molecule has 1 amide bonds. The van der Waals surface area contributed by atoms with E-state index in [1.165, 1.54) is 37.1 Å². The van der Waals surface area contributed by atoms with Gasteiger partial charge in [0.2, 0.25) is 6.41 Å². The SMILES string of the molecule is COc1ccc(C2CC(C(F)F)n3nc(-c4ccc(Cl)cc4F)cc3N2)cc1OC.C[C@@H]1CN[C@@H](C)CN1C=O. The van der Waals surface area contributed by atoms with Crippen molar-refractivity contribution in [2.45, 2.75) is 50.9 Å². The average molecular weight is 580 g/mol. The van der Waals surface area contributed by atoms with E-state index >= 15 is 0 Å². The second-order valence-corrected chi connectivity index (χ2v) is 10.3. The quantitative estimate of drug-likeness (QED) is 0.373. The molecular formula is C28H33ClF3N5O3. The summed E-state index contributed by atoms with van der Waals surface area (Å²) >= 11 is 5.81. The number of piperazine rings is 1. The summed E-state index contributed by atoms with van der Waals surface area (Å²) in [5, 5.41) is 11.0. The lowest BCUT2D eigenvalue weighted by Crippen LogP contribution is -2.53. The fourth-order valence-corrected chi connectivity index (χ4v) is 5.02. The highest BCUT2D eigenvalue weighted by molar-refractivity contribution is 6.30. The van der Waals surface area contributed by atoms with Crippen LogP contribution in [-0.2, 0) is 4.79 Å². The molecule has 1 saturated heterocycles. The van der Waals surface area contributed by atoms with Gasteiger partial charge in [-0.25, -0.2) is 17.9 Å². The molecule has 2 aliphatic heterocycles. The lowest BCUT2D eigenvalue weighted by atomic mass is 9.97. The molecule has 216 valence electrons. The first kappa shape index (κ1) is 29.5. The minimum absolute atomic E-state index is 0.102. The number of rotatable bonds is 6. The zero-order valence-corrected chi connectivity index (χ0v) is 23.5. The van der Waals surface area contributed by atoms with Crippen molar-refractivity contribution in [2.75, 3.05) is 32.6 Å². The summed E-state index contributed by atoms with van der Waals surface area (Å²) in [4.78, 5) is 12.2. The van der Waals surface area contributed by atoms with Crippen LogP contribution in [0.4, 0.5) is 19.0 Å². The predicted molar refractivity (Wildman–Crippen MR) is 148 cm³/mol. The summed E-state index contributed by atoms with van der Waals surface area (Å²) in [5.41, 5.74) is 1.22. The molecule has 3 aromatic rings. The number of anilines is 1. The van der Waals surface area contributed by atoms with Crippen LogP contribution in [0.15, 0.2) is 42.5 Å². The molecule has 2 unspecified atom stereocenters. The first-order valence-corrected chi connectivity index (χ1v) is 13.3. The van der Waals surface area contributed by atoms with Gasteiger partial charge in [-0.2, -0.15) is 5.10 Å². The molecule has 1 aromatic heterocycles. The molecule has 2 aliphatic rings. The fraction of sp³-hybridized carbons (Fsp3) is 0.429. The van der Waals surface area contributed by atoms with Gasteiger partial charge in [0.05, 0.1) is 26.0 Å². The molecule has 8 nitrogen and oxygen atoms in total. The van der Waals surface area contributed by atoms with E-state index in [1.807, 2.05) is 11.8 Å². The van der Waals surface area contributed by atoms with E-state index in [2.05, 4.69) is 22.7 Å². The number of aromatic nitrogens is 2. The van der Waals surface area contributed by atoms with Gasteiger partial charge in [-0.3, -0.25) is 4.79 Å². The van der Waals surface area contributed by atoms with Gasteiger partial charge in [0.1, 0.15) is 17.7 Å². The summed E-state index contributed by atoms with van der Waals surface area (Å²) in [6, 6.07) is 10.3. The van der Waals surface area contributed by atoms with Crippen LogP contribution >= 0.6 is 11.6 Å². The van der Waals surface area contributed by atoms with Crippen LogP contribution in [0.3, 0.4) is 0 Å². The summed E-state index contributed by atoms with van der Waals surface area (Å²) in [6.07, 6.45) is -1.61. The molecule has 2 N–H and O–H groups in total. The second kappa shape index (κ2) is 12.8. The largest absolute Gasteiger partial charge is 0.493 e. The Morgan fingerprint density at radius 3 is 2.48 bits per heavy atom. The number of fused-ring (bicyclic) bond motifs is 1. The highest BCUT2D eigenvalue weighted by atomic mass is 35.5. The third-order valence-electron chi connectivity index (χ3n) is 7.11. The van der Waals surface area contributed by atoms with E-state index in [4.69, 9.17) is 21.1 Å². The van der Waals surface area contributed by atoms with Crippen LogP contribution in [0.2, 0.25) is 5.02 Å². The van der Waals surface area contributed by atoms with Crippen LogP contribution in [0.5, 0.6) is 11.5 Å². The minimum atomic E-state index is -2.64. The van der Waals surface area contributed by atoms with Gasteiger partial charge >= 0.3 is 0 Å². The van der Waals surface area contributed by atoms with Crippen LogP contribution in [-0.4, -0.2) is 66.9 Å². The van der Waals surface area contributed by atoms with Gasteiger partial charge in [0.15, 0.2) is 11.5 Å². The maximum atomic E-state index is 14.3. The van der Waals surface area contributed by atoms with Gasteiger partial charge in [-0.15, -0.1) is 0 Å². The Bertz CT molecular complexity index is 1320. The van der Waals surface area contributed by atoms with Crippen molar-refractivity contribution < 1.29 is 27.4 Å². The normalized spacial score (nSPS) is 22.1. The van der Waals surface area contributed by atoms with Crippen molar-refractivity contribution in [1.82, 2.24) is 20.0 Å². The zero-order chi connectivity index (χ0) is 29.0. The zero-order valence-electron chi connectivity index (χ0n) is 22.7. The lowest BCUT2D eigenvalue weighted by Gasteiger charge is -2.34. The number of nitrogens with zero attached hydrogens (tertiary/aromatic N) is 3. The number of halogens is 4. The number of methoxy groups -OCH3 is 2. The lowest BCUT2D eigenvalue weighted by molar-refractivity contribution is -0.121. The van der Waals surface area contributed by atoms with Gasteiger partial charge in [0.25, 0.3) is 6.43 Å². The minimum Gasteiger partial charge on any atom is -0.493 e. The Hall–Kier alpha value is -3.44. The average Bonchev–Trinajstić information content (AvgIpc) is 3.37. The summed E-state index contributed by atoms with van der Waals surface area (Å²) < 4.78 is 53.9. The predicted octanol–water partition coefficient (Wildman–Crippen LogP) is 5.55. The smallest absolute Gasteiger partial charge is 0.260 e. The van der Waals surface area contributed by atoms with E-state index in [0.29, 0.717) is 29.4 Å². The number of amides is 1. The summed E-state index contributed by atoms with van der Waals surface area (Å²) in [6.45, 7) is 5.89. The van der Waals surface area contributed by atoms with Crippen molar-refractivity contribution in [3.63, 3.8) is 0 Å². The fourth-order valence-electron chi connectivity index (χ4n) is 4.86. The Morgan fingerprint density at radius 1 is 1.10 bits per heavy atom. The van der Waals surface area contributed by atoms with Crippen molar-refractivity contribution in [2.24, 2.45) is 0 Å². The number of benzene rings is 2. The third kappa shape index (κ3) is 6.47. The monoisotopic (exact) mass is 579 g/mol. The molecule has 0 saturated carbocycles. The van der Waals surface area contributed by atoms with E-state index < -0.39 is 24.3 Å². The molecule has 0 radical (unpaired) electrons. The van der Waals surface area contributed by atoms with Crippen LogP contribution in [0, 0.1) is 5.82 Å². The number of nitrogens with one attached hydrogen (secondary N) is 2. The number of ether oxygens (including phenoxy) is 2. The van der Waals surface area contributed by atoms with Gasteiger partial charge in [-0.05, 0) is 56.2 Å². The van der Waals surface area contributed by atoms with Crippen molar-refractivity contribution in [3.8, 4) is 22.8 Å². The molecule has 12 heteroatoms. The first-order valence-electron chi connectivity index (χ1n) is 12.9. The van der Waals surface area contributed by atoms with Crippen LogP contribution < -0.4 is 20.1 Å². The highest BCUT2D eigenvalue weighted by Gasteiger charge is 2.35. The maximum absolute atomic E-state index is 14.3. The molecule has 0 aliphatic carbocycles. The van der Waals surface area contributed by atoms with E-state index in [0.717, 1.165) is 25.1 Å². The Morgan fingerprint density at radius 2 is 1.85 bits per heavy atom. The molecule has 1 fully saturated rings. The van der Waals surface area contributed by atoms with Crippen LogP contribution in [0.1, 0.15) is 37.9 Å². The topological polar surface area (TPSA) is 80.7 Å². The maximum Gasteiger partial charge on any atom is 0.260 e. The Balaban J connectivity index is 0.000000312. The first-order chi connectivity index (χ1) is 19.1. The van der Waals surface area contributed by atoms with Crippen molar-refractivity contribution in [1.29, 1.82) is 0 Å². The Kier molecular flexibility index (Phi) is 9.47. The number of alkyl halides is 2. The number of carbonyl (C=O) groups is 1. The molecule has 0 bridgehead atoms. The molecule has 40 heavy (non-hydrogen) atoms. The van der Waals surface area contributed by atoms with Crippen molar-refractivity contribution >= 4 is 23.8 Å². The van der Waals surface area contributed by atoms with E-state index in [-0.39, 0.29) is 22.7 Å². The van der Waals surface area contributed by atoms with E-state index in [9.17, 15) is 18.0 Å². The number of hydrogen-bond donors (Lipinski definition) is 2. The molecule has 2 aromatic carbocycles. The number of carbonyl (C=O) groups excluding carboxylic acids is 1. The van der Waals surface area contributed by atoms with Gasteiger partial charge < -0.3 is 25.0 Å². The second-order valence-electron chi connectivity index (χ2n) is 9.89. The van der Waals surface area contributed by atoms with E-state index in [1.54, 1.807) is 24.3 Å². The van der Waals surface area contributed by atoms with Crippen molar-refractivity contribution in [3.05, 3.63) is 58.9 Å². The molecule has 0 spiro atoms. The summed E-state index contributed by atoms with van der Waals surface area (Å²) in [7, 11) is 3.04. The highest BCUT2D eigenvalue weighted by Crippen LogP contribution is 2.41. The molecule has 4 atom stereocenters. The molecule has 5 rings (SSSR count). The summed E-state index contributed by atoms with van der Waals surface area (Å²) in [5.74, 6) is 0.875. The third-order valence-corrected chi connectivity index (χ3v) is 7.34. The molecular weight excluding hydrogens is 547 g/mol. The number of hydrogen-bond acceptors (Lipinski definition) is 6. The molecule has 3 heterocycles. The Labute approximate surface area is 236 Å². The van der Waals surface area contributed by atoms with Gasteiger partial charge in [-0.1, -0.05) is 17.7 Å². The van der Waals surface area contributed by atoms with Crippen LogP contribution in [0.25, 0.3) is 11.3 Å². The van der Waals surface area contributed by atoms with Gasteiger partial charge in [0, 0.05) is 41.8 Å².